The first-order chi connectivity index (χ1) is 12.6. The molecule has 1 aliphatic heterocycles. The minimum Gasteiger partial charge on any atom is -0.482 e. The van der Waals surface area contributed by atoms with Gasteiger partial charge in [0.05, 0.1) is 6.04 Å². The molecule has 3 unspecified atom stereocenters. The minimum absolute atomic E-state index is 0.139. The number of nitrogens with one attached hydrogen (secondary N) is 1. The van der Waals surface area contributed by atoms with E-state index < -0.39 is 6.10 Å². The summed E-state index contributed by atoms with van der Waals surface area (Å²) in [6, 6.07) is 9.73. The monoisotopic (exact) mass is 374 g/mol. The average molecular weight is 375 g/mol. The molecule has 3 atom stereocenters. The topological polar surface area (TPSA) is 50.8 Å². The number of amides is 1. The average Bonchev–Trinajstić information content (AvgIpc) is 3.18. The second-order valence-electron chi connectivity index (χ2n) is 6.35. The summed E-state index contributed by atoms with van der Waals surface area (Å²) in [5.41, 5.74) is 1.23. The molecule has 1 aromatic heterocycles. The van der Waals surface area contributed by atoms with Crippen LogP contribution in [-0.2, 0) is 4.79 Å². The molecule has 0 radical (unpaired) electrons. The molecule has 0 spiro atoms. The predicted octanol–water partition coefficient (Wildman–Crippen LogP) is 3.48. The predicted molar refractivity (Wildman–Crippen MR) is 104 cm³/mol. The molecular formula is C20H26N2O3S. The molecule has 6 heteroatoms. The summed E-state index contributed by atoms with van der Waals surface area (Å²) in [5, 5.41) is 7.29. The molecule has 1 N–H and O–H groups in total. The number of thiophene rings is 1. The zero-order valence-electron chi connectivity index (χ0n) is 15.5. The van der Waals surface area contributed by atoms with Crippen molar-refractivity contribution in [2.45, 2.75) is 39.0 Å². The first kappa shape index (κ1) is 18.7. The van der Waals surface area contributed by atoms with E-state index in [-0.39, 0.29) is 18.1 Å². The molecular weight excluding hydrogens is 348 g/mol. The lowest BCUT2D eigenvalue weighted by Crippen LogP contribution is -2.50. The number of rotatable bonds is 7. The van der Waals surface area contributed by atoms with Crippen LogP contribution >= 0.6 is 11.3 Å². The van der Waals surface area contributed by atoms with Gasteiger partial charge in [-0.1, -0.05) is 26.0 Å². The number of para-hydroxylation sites is 2. The number of carbonyl (C=O) groups is 1. The van der Waals surface area contributed by atoms with Crippen molar-refractivity contribution in [1.82, 2.24) is 10.2 Å². The van der Waals surface area contributed by atoms with Crippen LogP contribution in [0.15, 0.2) is 41.1 Å². The van der Waals surface area contributed by atoms with Crippen LogP contribution in [0.5, 0.6) is 11.5 Å². The summed E-state index contributed by atoms with van der Waals surface area (Å²) in [4.78, 5) is 15.1. The van der Waals surface area contributed by atoms with Crippen molar-refractivity contribution >= 4 is 17.2 Å². The Morgan fingerprint density at radius 1 is 1.19 bits per heavy atom. The number of hydrogen-bond acceptors (Lipinski definition) is 5. The van der Waals surface area contributed by atoms with Gasteiger partial charge in [0.15, 0.2) is 11.5 Å². The number of nitrogens with zero attached hydrogens (tertiary/aromatic N) is 1. The third-order valence-electron chi connectivity index (χ3n) is 4.75. The quantitative estimate of drug-likeness (QED) is 0.806. The summed E-state index contributed by atoms with van der Waals surface area (Å²) < 4.78 is 11.7. The Morgan fingerprint density at radius 2 is 1.88 bits per heavy atom. The smallest absolute Gasteiger partial charge is 0.265 e. The third kappa shape index (κ3) is 4.02. The van der Waals surface area contributed by atoms with Crippen LogP contribution in [0.3, 0.4) is 0 Å². The fourth-order valence-electron chi connectivity index (χ4n) is 3.29. The first-order valence-corrected chi connectivity index (χ1v) is 10.0. The highest BCUT2D eigenvalue weighted by molar-refractivity contribution is 7.07. The number of likely N-dealkylation sites (N-methyl/N-ethyl adjacent to an activating group) is 1. The molecule has 1 aromatic carbocycles. The van der Waals surface area contributed by atoms with E-state index in [1.807, 2.05) is 31.2 Å². The van der Waals surface area contributed by atoms with Gasteiger partial charge in [-0.25, -0.2) is 0 Å². The zero-order valence-corrected chi connectivity index (χ0v) is 16.3. The van der Waals surface area contributed by atoms with Crippen LogP contribution in [0.4, 0.5) is 0 Å². The molecule has 0 fully saturated rings. The van der Waals surface area contributed by atoms with Crippen LogP contribution in [0.2, 0.25) is 0 Å². The van der Waals surface area contributed by atoms with Crippen molar-refractivity contribution in [3.05, 3.63) is 46.7 Å². The van der Waals surface area contributed by atoms with E-state index in [2.05, 4.69) is 40.9 Å². The van der Waals surface area contributed by atoms with Gasteiger partial charge in [0.25, 0.3) is 5.91 Å². The molecule has 0 bridgehead atoms. The standard InChI is InChI=1S/C20H26N2O3S/c1-4-22(5-2)16(15-10-11-26-13-15)12-21-20(23)19-14(3)24-17-8-6-7-9-18(17)25-19/h6-11,13-14,16,19H,4-5,12H2,1-3H3,(H,21,23). The van der Waals surface area contributed by atoms with Crippen LogP contribution in [0.1, 0.15) is 32.4 Å². The van der Waals surface area contributed by atoms with Crippen molar-refractivity contribution in [1.29, 1.82) is 0 Å². The maximum absolute atomic E-state index is 12.8. The fraction of sp³-hybridized carbons (Fsp3) is 0.450. The van der Waals surface area contributed by atoms with Gasteiger partial charge in [-0.05, 0) is 54.5 Å². The van der Waals surface area contributed by atoms with E-state index in [1.54, 1.807) is 11.3 Å². The third-order valence-corrected chi connectivity index (χ3v) is 5.45. The summed E-state index contributed by atoms with van der Waals surface area (Å²) >= 11 is 1.68. The molecule has 26 heavy (non-hydrogen) atoms. The van der Waals surface area contributed by atoms with E-state index in [0.29, 0.717) is 18.0 Å². The number of ether oxygens (including phenoxy) is 2. The van der Waals surface area contributed by atoms with Gasteiger partial charge in [-0.15, -0.1) is 0 Å². The molecule has 1 amide bonds. The lowest BCUT2D eigenvalue weighted by atomic mass is 10.1. The number of benzene rings is 1. The highest BCUT2D eigenvalue weighted by atomic mass is 32.1. The SMILES string of the molecule is CCN(CC)C(CNC(=O)C1Oc2ccccc2OC1C)c1ccsc1. The lowest BCUT2D eigenvalue weighted by molar-refractivity contribution is -0.133. The normalized spacial score (nSPS) is 20.0. The van der Waals surface area contributed by atoms with Crippen molar-refractivity contribution in [2.75, 3.05) is 19.6 Å². The second-order valence-corrected chi connectivity index (χ2v) is 7.13. The highest BCUT2D eigenvalue weighted by Gasteiger charge is 2.34. The second kappa shape index (κ2) is 8.56. The molecule has 0 saturated heterocycles. The highest BCUT2D eigenvalue weighted by Crippen LogP contribution is 2.33. The molecule has 2 heterocycles. The summed E-state index contributed by atoms with van der Waals surface area (Å²) in [6.07, 6.45) is -0.984. The maximum atomic E-state index is 12.8. The van der Waals surface area contributed by atoms with Gasteiger partial charge in [-0.2, -0.15) is 11.3 Å². The van der Waals surface area contributed by atoms with E-state index in [1.165, 1.54) is 5.56 Å². The van der Waals surface area contributed by atoms with Crippen molar-refractivity contribution < 1.29 is 14.3 Å². The van der Waals surface area contributed by atoms with Crippen LogP contribution in [-0.4, -0.2) is 42.6 Å². The Hall–Kier alpha value is -2.05. The Morgan fingerprint density at radius 3 is 2.50 bits per heavy atom. The molecule has 2 aromatic rings. The Balaban J connectivity index is 1.67. The first-order valence-electron chi connectivity index (χ1n) is 9.10. The van der Waals surface area contributed by atoms with Gasteiger partial charge in [-0.3, -0.25) is 9.69 Å². The molecule has 140 valence electrons. The largest absolute Gasteiger partial charge is 0.482 e. The van der Waals surface area contributed by atoms with E-state index in [4.69, 9.17) is 9.47 Å². The number of carbonyl (C=O) groups excluding carboxylic acids is 1. The summed E-state index contributed by atoms with van der Waals surface area (Å²) in [5.74, 6) is 1.16. The summed E-state index contributed by atoms with van der Waals surface area (Å²) in [7, 11) is 0. The Kier molecular flexibility index (Phi) is 6.16. The van der Waals surface area contributed by atoms with Crippen molar-refractivity contribution in [2.24, 2.45) is 0 Å². The number of hydrogen-bond donors (Lipinski definition) is 1. The zero-order chi connectivity index (χ0) is 18.5. The maximum Gasteiger partial charge on any atom is 0.265 e. The molecule has 0 aliphatic carbocycles. The van der Waals surface area contributed by atoms with Crippen molar-refractivity contribution in [3.8, 4) is 11.5 Å². The lowest BCUT2D eigenvalue weighted by Gasteiger charge is -2.33. The summed E-state index contributed by atoms with van der Waals surface area (Å²) in [6.45, 7) is 8.55. The Labute approximate surface area is 158 Å². The van der Waals surface area contributed by atoms with Gasteiger partial charge in [0.2, 0.25) is 6.10 Å². The Bertz CT molecular complexity index is 716. The number of fused-ring (bicyclic) bond motifs is 1. The molecule has 5 nitrogen and oxygen atoms in total. The van der Waals surface area contributed by atoms with Crippen LogP contribution in [0.25, 0.3) is 0 Å². The molecule has 3 rings (SSSR count). The minimum atomic E-state index is -0.648. The fourth-order valence-corrected chi connectivity index (χ4v) is 4.00. The van der Waals surface area contributed by atoms with E-state index >= 15 is 0 Å². The van der Waals surface area contributed by atoms with Crippen LogP contribution in [0, 0.1) is 0 Å². The van der Waals surface area contributed by atoms with Gasteiger partial charge < -0.3 is 14.8 Å². The van der Waals surface area contributed by atoms with Gasteiger partial charge in [0, 0.05) is 6.54 Å². The molecule has 1 aliphatic rings. The van der Waals surface area contributed by atoms with E-state index in [9.17, 15) is 4.79 Å². The van der Waals surface area contributed by atoms with Crippen LogP contribution < -0.4 is 14.8 Å². The van der Waals surface area contributed by atoms with Gasteiger partial charge in [0.1, 0.15) is 6.10 Å². The van der Waals surface area contributed by atoms with E-state index in [0.717, 1.165) is 13.1 Å². The van der Waals surface area contributed by atoms with Gasteiger partial charge >= 0.3 is 0 Å². The van der Waals surface area contributed by atoms with Crippen molar-refractivity contribution in [3.63, 3.8) is 0 Å². The molecule has 0 saturated carbocycles.